The molecule has 1 aliphatic heterocycles. The van der Waals surface area contributed by atoms with Crippen LogP contribution in [0.5, 0.6) is 0 Å². The monoisotopic (exact) mass is 111 g/mol. The standard InChI is InChI=1S/C5H8BO2/c1-5(2)6-3-4(7)8-5/h3H2,1-2H3. The molecular weight excluding hydrogens is 103 g/mol. The molecule has 0 bridgehead atoms. The van der Waals surface area contributed by atoms with Gasteiger partial charge in [-0.15, -0.1) is 0 Å². The maximum atomic E-state index is 10.4. The molecule has 1 fully saturated rings. The van der Waals surface area contributed by atoms with Crippen molar-refractivity contribution in [1.29, 1.82) is 0 Å². The molecule has 0 aliphatic carbocycles. The van der Waals surface area contributed by atoms with Crippen molar-refractivity contribution in [3.05, 3.63) is 0 Å². The van der Waals surface area contributed by atoms with Crippen molar-refractivity contribution < 1.29 is 9.53 Å². The third-order valence-corrected chi connectivity index (χ3v) is 1.14. The number of cyclic esters (lactones) is 1. The van der Waals surface area contributed by atoms with Gasteiger partial charge in [-0.25, -0.2) is 0 Å². The lowest BCUT2D eigenvalue weighted by atomic mass is 9.62. The van der Waals surface area contributed by atoms with Crippen LogP contribution in [0.1, 0.15) is 13.8 Å². The number of carbonyl (C=O) groups excluding carboxylic acids is 1. The second-order valence-corrected chi connectivity index (χ2v) is 2.49. The van der Waals surface area contributed by atoms with Crippen LogP contribution in [0.4, 0.5) is 0 Å². The van der Waals surface area contributed by atoms with Crippen LogP contribution >= 0.6 is 0 Å². The minimum absolute atomic E-state index is 0.116. The average molecular weight is 111 g/mol. The number of carbonyl (C=O) groups is 1. The Balaban J connectivity index is 2.56. The number of rotatable bonds is 0. The van der Waals surface area contributed by atoms with E-state index >= 15 is 0 Å². The fraction of sp³-hybridized carbons (Fsp3) is 0.800. The van der Waals surface area contributed by atoms with E-state index in [0.29, 0.717) is 6.32 Å². The van der Waals surface area contributed by atoms with Gasteiger partial charge in [-0.3, -0.25) is 4.79 Å². The summed E-state index contributed by atoms with van der Waals surface area (Å²) >= 11 is 0. The Kier molecular flexibility index (Phi) is 1.07. The second kappa shape index (κ2) is 1.50. The largest absolute Gasteiger partial charge is 0.470 e. The van der Waals surface area contributed by atoms with Gasteiger partial charge in [-0.1, -0.05) is 0 Å². The topological polar surface area (TPSA) is 26.3 Å². The lowest BCUT2D eigenvalue weighted by Gasteiger charge is -2.14. The Morgan fingerprint density at radius 2 is 2.38 bits per heavy atom. The molecule has 1 aliphatic rings. The second-order valence-electron chi connectivity index (χ2n) is 2.49. The Bertz CT molecular complexity index is 120. The number of ether oxygens (including phenoxy) is 1. The van der Waals surface area contributed by atoms with Crippen molar-refractivity contribution in [1.82, 2.24) is 0 Å². The molecule has 1 rings (SSSR count). The lowest BCUT2D eigenvalue weighted by Crippen LogP contribution is -2.24. The summed E-state index contributed by atoms with van der Waals surface area (Å²) in [6.07, 6.45) is 0.465. The molecule has 0 aromatic heterocycles. The maximum absolute atomic E-state index is 10.4. The molecule has 3 heteroatoms. The van der Waals surface area contributed by atoms with E-state index in [1.165, 1.54) is 0 Å². The van der Waals surface area contributed by atoms with Gasteiger partial charge in [-0.05, 0) is 13.8 Å². The molecule has 0 amide bonds. The van der Waals surface area contributed by atoms with E-state index in [9.17, 15) is 4.79 Å². The highest BCUT2D eigenvalue weighted by molar-refractivity contribution is 6.47. The molecule has 0 unspecified atom stereocenters. The molecule has 0 atom stereocenters. The first-order valence-corrected chi connectivity index (χ1v) is 2.66. The van der Waals surface area contributed by atoms with Crippen LogP contribution in [0, 0.1) is 0 Å². The number of hydrogen-bond donors (Lipinski definition) is 0. The SMILES string of the molecule is CC1(C)[B]CC(=O)O1. The molecule has 8 heavy (non-hydrogen) atoms. The summed E-state index contributed by atoms with van der Waals surface area (Å²) in [7, 11) is 1.87. The minimum atomic E-state index is -0.308. The van der Waals surface area contributed by atoms with Gasteiger partial charge in [0.05, 0.1) is 5.50 Å². The molecule has 2 nitrogen and oxygen atoms in total. The Labute approximate surface area is 49.5 Å². The van der Waals surface area contributed by atoms with Gasteiger partial charge >= 0.3 is 0 Å². The zero-order valence-electron chi connectivity index (χ0n) is 5.10. The van der Waals surface area contributed by atoms with Gasteiger partial charge in [0.1, 0.15) is 0 Å². The third-order valence-electron chi connectivity index (χ3n) is 1.14. The van der Waals surface area contributed by atoms with Crippen molar-refractivity contribution in [3.63, 3.8) is 0 Å². The van der Waals surface area contributed by atoms with E-state index in [-0.39, 0.29) is 11.5 Å². The number of hydrogen-bond acceptors (Lipinski definition) is 2. The van der Waals surface area contributed by atoms with Crippen LogP contribution in [0.3, 0.4) is 0 Å². The van der Waals surface area contributed by atoms with Crippen molar-refractivity contribution in [2.75, 3.05) is 0 Å². The molecule has 1 radical (unpaired) electrons. The molecular formula is C5H8BO2. The smallest absolute Gasteiger partial charge is 0.297 e. The third kappa shape index (κ3) is 1.03. The normalized spacial score (nSPS) is 24.5. The minimum Gasteiger partial charge on any atom is -0.470 e. The van der Waals surface area contributed by atoms with Gasteiger partial charge in [0.15, 0.2) is 7.28 Å². The molecule has 43 valence electrons. The molecule has 1 saturated heterocycles. The van der Waals surface area contributed by atoms with E-state index in [0.717, 1.165) is 0 Å². The summed E-state index contributed by atoms with van der Waals surface area (Å²) in [5, 5.41) is 0. The summed E-state index contributed by atoms with van der Waals surface area (Å²) in [4.78, 5) is 10.4. The van der Waals surface area contributed by atoms with Crippen molar-refractivity contribution in [3.8, 4) is 0 Å². The Morgan fingerprint density at radius 3 is 2.50 bits per heavy atom. The van der Waals surface area contributed by atoms with Crippen LogP contribution in [0.15, 0.2) is 0 Å². The average Bonchev–Trinajstić information content (AvgIpc) is 1.82. The van der Waals surface area contributed by atoms with Crippen LogP contribution in [-0.4, -0.2) is 18.7 Å². The lowest BCUT2D eigenvalue weighted by molar-refractivity contribution is -0.144. The molecule has 0 saturated carbocycles. The summed E-state index contributed by atoms with van der Waals surface area (Å²) in [6.45, 7) is 3.75. The van der Waals surface area contributed by atoms with Gasteiger partial charge in [0.25, 0.3) is 5.97 Å². The van der Waals surface area contributed by atoms with Crippen LogP contribution in [0.25, 0.3) is 0 Å². The summed E-state index contributed by atoms with van der Waals surface area (Å²) in [5.41, 5.74) is -0.308. The summed E-state index contributed by atoms with van der Waals surface area (Å²) in [5.74, 6) is -0.116. The van der Waals surface area contributed by atoms with E-state index in [4.69, 9.17) is 4.74 Å². The molecule has 0 aromatic carbocycles. The molecule has 0 spiro atoms. The van der Waals surface area contributed by atoms with Gasteiger partial charge in [0.2, 0.25) is 0 Å². The molecule has 0 N–H and O–H groups in total. The van der Waals surface area contributed by atoms with E-state index in [2.05, 4.69) is 0 Å². The fourth-order valence-electron chi connectivity index (χ4n) is 0.706. The van der Waals surface area contributed by atoms with Gasteiger partial charge in [0, 0.05) is 6.32 Å². The van der Waals surface area contributed by atoms with Crippen LogP contribution < -0.4 is 0 Å². The highest BCUT2D eigenvalue weighted by atomic mass is 16.6. The zero-order chi connectivity index (χ0) is 6.20. The van der Waals surface area contributed by atoms with E-state index < -0.39 is 0 Å². The van der Waals surface area contributed by atoms with E-state index in [1.807, 2.05) is 21.1 Å². The van der Waals surface area contributed by atoms with Gasteiger partial charge in [-0.2, -0.15) is 0 Å². The first-order chi connectivity index (χ1) is 3.60. The maximum Gasteiger partial charge on any atom is 0.297 e. The summed E-state index contributed by atoms with van der Waals surface area (Å²) in [6, 6.07) is 0. The Hall–Kier alpha value is -0.465. The fourth-order valence-corrected chi connectivity index (χ4v) is 0.706. The highest BCUT2D eigenvalue weighted by Gasteiger charge is 2.31. The van der Waals surface area contributed by atoms with Gasteiger partial charge < -0.3 is 4.74 Å². The van der Waals surface area contributed by atoms with E-state index in [1.54, 1.807) is 0 Å². The quantitative estimate of drug-likeness (QED) is 0.334. The summed E-state index contributed by atoms with van der Waals surface area (Å²) < 4.78 is 4.85. The molecule has 0 aromatic rings. The van der Waals surface area contributed by atoms with Crippen LogP contribution in [-0.2, 0) is 9.53 Å². The Morgan fingerprint density at radius 1 is 1.75 bits per heavy atom. The molecule has 1 heterocycles. The predicted octanol–water partition coefficient (Wildman–Crippen LogP) is 0.402. The number of esters is 1. The van der Waals surface area contributed by atoms with Crippen molar-refractivity contribution in [2.24, 2.45) is 0 Å². The van der Waals surface area contributed by atoms with Crippen molar-refractivity contribution >= 4 is 13.2 Å². The zero-order valence-corrected chi connectivity index (χ0v) is 5.10. The first-order valence-electron chi connectivity index (χ1n) is 2.66. The predicted molar refractivity (Wildman–Crippen MR) is 30.7 cm³/mol. The van der Waals surface area contributed by atoms with Crippen molar-refractivity contribution in [2.45, 2.75) is 25.7 Å². The first kappa shape index (κ1) is 5.67. The highest BCUT2D eigenvalue weighted by Crippen LogP contribution is 2.17. The van der Waals surface area contributed by atoms with Crippen LogP contribution in [0.2, 0.25) is 6.32 Å².